The maximum Gasteiger partial charge on any atom is 0.0798 e. The molecule has 5 N–H and O–H groups in total. The van der Waals surface area contributed by atoms with Crippen LogP contribution in [-0.4, -0.2) is 16.1 Å². The Labute approximate surface area is 132 Å². The Balaban J connectivity index is 0.000000583. The van der Waals surface area contributed by atoms with E-state index in [9.17, 15) is 5.11 Å². The van der Waals surface area contributed by atoms with Gasteiger partial charge in [0, 0.05) is 0 Å². The Morgan fingerprint density at radius 2 is 1.68 bits per heavy atom. The zero-order valence-electron chi connectivity index (χ0n) is 13.7. The molecule has 122 valence electrons. The number of hydrogen-bond acceptors (Lipinski definition) is 1. The van der Waals surface area contributed by atoms with Crippen molar-refractivity contribution in [3.8, 4) is 0 Å². The molecule has 1 saturated carbocycles. The highest BCUT2D eigenvalue weighted by molar-refractivity contribution is 5.89. The minimum absolute atomic E-state index is 0. The molecule has 2 aliphatic rings. The van der Waals surface area contributed by atoms with Crippen molar-refractivity contribution in [1.29, 1.82) is 0 Å². The highest BCUT2D eigenvalue weighted by Gasteiger charge is 2.26. The molecule has 1 atom stereocenters. The van der Waals surface area contributed by atoms with Crippen LogP contribution in [0.2, 0.25) is 0 Å². The average molecular weight is 304 g/mol. The van der Waals surface area contributed by atoms with Gasteiger partial charge in [-0.05, 0) is 71.6 Å². The standard InChI is InChI=1S/C17H18O.C2H6.2H2O/c1-10-15-9-12(11-2-3-11)4-5-13(15)8-14-6-7-16(18)17(10)14;1-2;;/h4-5,8-9,11,16,18H,2-3,6-7H2,1H3;1-2H3;2*1H2. The zero-order chi connectivity index (χ0) is 14.3. The summed E-state index contributed by atoms with van der Waals surface area (Å²) in [6.07, 6.45) is 4.37. The second kappa shape index (κ2) is 7.23. The molecule has 0 bridgehead atoms. The van der Waals surface area contributed by atoms with Crippen molar-refractivity contribution in [3.05, 3.63) is 46.5 Å². The van der Waals surface area contributed by atoms with Gasteiger partial charge in [0.05, 0.1) is 6.10 Å². The van der Waals surface area contributed by atoms with Gasteiger partial charge in [0.25, 0.3) is 0 Å². The molecule has 1 fully saturated rings. The Kier molecular flexibility index (Phi) is 6.12. The Morgan fingerprint density at radius 3 is 2.32 bits per heavy atom. The summed E-state index contributed by atoms with van der Waals surface area (Å²) in [6, 6.07) is 9.19. The second-order valence-electron chi connectivity index (χ2n) is 5.88. The van der Waals surface area contributed by atoms with Gasteiger partial charge in [-0.25, -0.2) is 0 Å². The van der Waals surface area contributed by atoms with E-state index in [4.69, 9.17) is 0 Å². The van der Waals surface area contributed by atoms with Crippen LogP contribution in [0.25, 0.3) is 10.8 Å². The summed E-state index contributed by atoms with van der Waals surface area (Å²) in [7, 11) is 0. The first kappa shape index (κ1) is 18.6. The van der Waals surface area contributed by atoms with E-state index in [1.165, 1.54) is 45.9 Å². The van der Waals surface area contributed by atoms with Crippen LogP contribution in [0.4, 0.5) is 0 Å². The van der Waals surface area contributed by atoms with Gasteiger partial charge in [0.2, 0.25) is 0 Å². The molecule has 0 amide bonds. The van der Waals surface area contributed by atoms with Gasteiger partial charge in [0.1, 0.15) is 0 Å². The molecule has 1 unspecified atom stereocenters. The largest absolute Gasteiger partial charge is 0.412 e. The molecule has 3 heteroatoms. The first-order valence-corrected chi connectivity index (χ1v) is 7.98. The van der Waals surface area contributed by atoms with Crippen LogP contribution >= 0.6 is 0 Å². The fourth-order valence-electron chi connectivity index (χ4n) is 3.45. The number of aliphatic hydroxyl groups excluding tert-OH is 1. The zero-order valence-corrected chi connectivity index (χ0v) is 13.7. The van der Waals surface area contributed by atoms with Crippen LogP contribution in [-0.2, 0) is 6.42 Å². The van der Waals surface area contributed by atoms with E-state index in [2.05, 4.69) is 31.2 Å². The lowest BCUT2D eigenvalue weighted by Crippen LogP contribution is -1.96. The molecule has 0 aromatic heterocycles. The number of aryl methyl sites for hydroxylation is 2. The molecule has 2 aliphatic carbocycles. The van der Waals surface area contributed by atoms with Gasteiger partial charge in [0.15, 0.2) is 0 Å². The monoisotopic (exact) mass is 304 g/mol. The number of benzene rings is 2. The van der Waals surface area contributed by atoms with Gasteiger partial charge >= 0.3 is 0 Å². The number of fused-ring (bicyclic) bond motifs is 2. The van der Waals surface area contributed by atoms with Crippen LogP contribution in [0.1, 0.15) is 67.4 Å². The second-order valence-corrected chi connectivity index (χ2v) is 5.88. The van der Waals surface area contributed by atoms with Gasteiger partial charge in [-0.15, -0.1) is 0 Å². The SMILES string of the molecule is CC.Cc1c2c(cc3ccc(C4CC4)cc13)CCC2O.O.O. The topological polar surface area (TPSA) is 83.2 Å². The van der Waals surface area contributed by atoms with E-state index in [0.29, 0.717) is 0 Å². The third-order valence-corrected chi connectivity index (χ3v) is 4.63. The van der Waals surface area contributed by atoms with Crippen LogP contribution in [0.15, 0.2) is 24.3 Å². The normalized spacial score (nSPS) is 18.6. The van der Waals surface area contributed by atoms with E-state index in [1.807, 2.05) is 13.8 Å². The first-order valence-electron chi connectivity index (χ1n) is 7.98. The van der Waals surface area contributed by atoms with Gasteiger partial charge in [-0.2, -0.15) is 0 Å². The fourth-order valence-corrected chi connectivity index (χ4v) is 3.45. The summed E-state index contributed by atoms with van der Waals surface area (Å²) in [6.45, 7) is 6.17. The molecule has 0 radical (unpaired) electrons. The average Bonchev–Trinajstić information content (AvgIpc) is 3.26. The summed E-state index contributed by atoms with van der Waals surface area (Å²) >= 11 is 0. The minimum atomic E-state index is -0.242. The van der Waals surface area contributed by atoms with Crippen molar-refractivity contribution < 1.29 is 16.1 Å². The van der Waals surface area contributed by atoms with E-state index in [1.54, 1.807) is 0 Å². The Bertz CT molecular complexity index is 645. The first-order chi connectivity index (χ1) is 9.74. The predicted molar refractivity (Wildman–Crippen MR) is 92.5 cm³/mol. The van der Waals surface area contributed by atoms with Crippen molar-refractivity contribution in [2.24, 2.45) is 0 Å². The maximum absolute atomic E-state index is 10.1. The van der Waals surface area contributed by atoms with Crippen molar-refractivity contribution in [3.63, 3.8) is 0 Å². The highest BCUT2D eigenvalue weighted by Crippen LogP contribution is 2.43. The van der Waals surface area contributed by atoms with Crippen LogP contribution in [0.5, 0.6) is 0 Å². The number of hydrogen-bond donors (Lipinski definition) is 1. The molecule has 22 heavy (non-hydrogen) atoms. The maximum atomic E-state index is 10.1. The minimum Gasteiger partial charge on any atom is -0.412 e. The van der Waals surface area contributed by atoms with E-state index in [-0.39, 0.29) is 17.1 Å². The van der Waals surface area contributed by atoms with Crippen molar-refractivity contribution in [1.82, 2.24) is 0 Å². The van der Waals surface area contributed by atoms with Gasteiger partial charge in [-0.3, -0.25) is 0 Å². The molecule has 2 aromatic rings. The molecule has 3 nitrogen and oxygen atoms in total. The molecule has 0 spiro atoms. The number of aliphatic hydroxyl groups is 1. The van der Waals surface area contributed by atoms with Crippen molar-refractivity contribution >= 4 is 10.8 Å². The summed E-state index contributed by atoms with van der Waals surface area (Å²) in [4.78, 5) is 0. The van der Waals surface area contributed by atoms with Crippen molar-refractivity contribution in [2.45, 2.75) is 58.5 Å². The molecular weight excluding hydrogens is 276 g/mol. The summed E-state index contributed by atoms with van der Waals surface area (Å²) in [5, 5.41) is 12.8. The molecule has 2 aromatic carbocycles. The van der Waals surface area contributed by atoms with E-state index < -0.39 is 0 Å². The van der Waals surface area contributed by atoms with Crippen LogP contribution < -0.4 is 0 Å². The summed E-state index contributed by atoms with van der Waals surface area (Å²) < 4.78 is 0. The summed E-state index contributed by atoms with van der Waals surface area (Å²) in [5.74, 6) is 0.798. The van der Waals surface area contributed by atoms with Crippen LogP contribution in [0, 0.1) is 6.92 Å². The van der Waals surface area contributed by atoms with Crippen LogP contribution in [0.3, 0.4) is 0 Å². The van der Waals surface area contributed by atoms with E-state index >= 15 is 0 Å². The Morgan fingerprint density at radius 1 is 1.00 bits per heavy atom. The van der Waals surface area contributed by atoms with E-state index in [0.717, 1.165) is 18.8 Å². The molecule has 0 saturated heterocycles. The third kappa shape index (κ3) is 3.02. The van der Waals surface area contributed by atoms with Gasteiger partial charge < -0.3 is 16.1 Å². The lowest BCUT2D eigenvalue weighted by Gasteiger charge is -2.13. The highest BCUT2D eigenvalue weighted by atomic mass is 16.3. The lowest BCUT2D eigenvalue weighted by molar-refractivity contribution is 0.179. The number of rotatable bonds is 1. The molecular formula is C19H28O3. The molecule has 0 aliphatic heterocycles. The van der Waals surface area contributed by atoms with Gasteiger partial charge in [-0.1, -0.05) is 38.1 Å². The predicted octanol–water partition coefficient (Wildman–Crippen LogP) is 3.38. The Hall–Kier alpha value is -1.42. The lowest BCUT2D eigenvalue weighted by atomic mass is 9.94. The smallest absolute Gasteiger partial charge is 0.0798 e. The molecule has 0 heterocycles. The quantitative estimate of drug-likeness (QED) is 0.860. The molecule has 4 rings (SSSR count). The third-order valence-electron chi connectivity index (χ3n) is 4.63. The fraction of sp³-hybridized carbons (Fsp3) is 0.474. The van der Waals surface area contributed by atoms with Crippen molar-refractivity contribution in [2.75, 3.05) is 0 Å². The summed E-state index contributed by atoms with van der Waals surface area (Å²) in [5.41, 5.74) is 5.34.